The molecule has 0 radical (unpaired) electrons. The highest BCUT2D eigenvalue weighted by Gasteiger charge is 2.21. The van der Waals surface area contributed by atoms with E-state index in [-0.39, 0.29) is 12.1 Å². The standard InChI is InChI=1S/C22H22N4O4/c1-15-12-13-24-26(15)19-10-8-18(9-11-19)21(28)30-16(2)20(27)25-22(29)23-14-17-6-4-3-5-7-17/h3-13,16H,14H2,1-2H3,(H2,23,25,27,29)/t16-/m1/s1. The molecule has 0 aliphatic rings. The lowest BCUT2D eigenvalue weighted by atomic mass is 10.2. The van der Waals surface area contributed by atoms with Crippen molar-refractivity contribution < 1.29 is 19.1 Å². The minimum absolute atomic E-state index is 0.274. The van der Waals surface area contributed by atoms with E-state index in [2.05, 4.69) is 15.7 Å². The molecule has 2 N–H and O–H groups in total. The van der Waals surface area contributed by atoms with Gasteiger partial charge in [0.05, 0.1) is 11.3 Å². The second kappa shape index (κ2) is 9.51. The fraction of sp³-hybridized carbons (Fsp3) is 0.182. The summed E-state index contributed by atoms with van der Waals surface area (Å²) in [6, 6.07) is 17.1. The molecule has 0 saturated heterocycles. The summed E-state index contributed by atoms with van der Waals surface area (Å²) in [6.45, 7) is 3.60. The summed E-state index contributed by atoms with van der Waals surface area (Å²) < 4.78 is 6.90. The van der Waals surface area contributed by atoms with Crippen LogP contribution in [-0.4, -0.2) is 33.8 Å². The average molecular weight is 406 g/mol. The molecule has 0 fully saturated rings. The molecule has 0 unspecified atom stereocenters. The second-order valence-corrected chi connectivity index (χ2v) is 6.64. The van der Waals surface area contributed by atoms with Gasteiger partial charge in [-0.3, -0.25) is 10.1 Å². The molecule has 3 amide bonds. The molecule has 0 aliphatic heterocycles. The fourth-order valence-electron chi connectivity index (χ4n) is 2.70. The second-order valence-electron chi connectivity index (χ2n) is 6.64. The lowest BCUT2D eigenvalue weighted by Gasteiger charge is -2.13. The number of nitrogens with zero attached hydrogens (tertiary/aromatic N) is 2. The van der Waals surface area contributed by atoms with Crippen molar-refractivity contribution in [1.29, 1.82) is 0 Å². The Kier molecular flexibility index (Phi) is 6.59. The topological polar surface area (TPSA) is 102 Å². The zero-order valence-electron chi connectivity index (χ0n) is 16.7. The number of hydrogen-bond acceptors (Lipinski definition) is 5. The summed E-state index contributed by atoms with van der Waals surface area (Å²) in [5.41, 5.74) is 2.95. The number of carbonyl (C=O) groups excluding carboxylic acids is 3. The van der Waals surface area contributed by atoms with Crippen LogP contribution in [-0.2, 0) is 16.1 Å². The third-order valence-corrected chi connectivity index (χ3v) is 4.37. The molecular weight excluding hydrogens is 384 g/mol. The maximum atomic E-state index is 12.3. The number of benzene rings is 2. The number of aromatic nitrogens is 2. The summed E-state index contributed by atoms with van der Waals surface area (Å²) in [7, 11) is 0. The average Bonchev–Trinajstić information content (AvgIpc) is 3.19. The maximum absolute atomic E-state index is 12.3. The van der Waals surface area contributed by atoms with Gasteiger partial charge in [-0.05, 0) is 49.7 Å². The van der Waals surface area contributed by atoms with Crippen molar-refractivity contribution in [2.75, 3.05) is 0 Å². The first-order valence-electron chi connectivity index (χ1n) is 9.38. The van der Waals surface area contributed by atoms with E-state index in [4.69, 9.17) is 4.74 Å². The monoisotopic (exact) mass is 406 g/mol. The van der Waals surface area contributed by atoms with E-state index in [1.807, 2.05) is 43.3 Å². The van der Waals surface area contributed by atoms with E-state index in [0.29, 0.717) is 0 Å². The third-order valence-electron chi connectivity index (χ3n) is 4.37. The predicted molar refractivity (Wildman–Crippen MR) is 110 cm³/mol. The van der Waals surface area contributed by atoms with E-state index >= 15 is 0 Å². The van der Waals surface area contributed by atoms with E-state index in [1.165, 1.54) is 6.92 Å². The van der Waals surface area contributed by atoms with Crippen LogP contribution in [0, 0.1) is 6.92 Å². The van der Waals surface area contributed by atoms with Gasteiger partial charge in [-0.15, -0.1) is 0 Å². The Balaban J connectivity index is 1.50. The quantitative estimate of drug-likeness (QED) is 0.613. The van der Waals surface area contributed by atoms with Gasteiger partial charge >= 0.3 is 12.0 Å². The minimum atomic E-state index is -1.13. The number of imide groups is 1. The molecule has 8 nitrogen and oxygen atoms in total. The Labute approximate surface area is 173 Å². The summed E-state index contributed by atoms with van der Waals surface area (Å²) in [4.78, 5) is 36.3. The van der Waals surface area contributed by atoms with E-state index in [9.17, 15) is 14.4 Å². The summed E-state index contributed by atoms with van der Waals surface area (Å²) in [5.74, 6) is -1.37. The Bertz CT molecular complexity index is 1030. The lowest BCUT2D eigenvalue weighted by molar-refractivity contribution is -0.127. The van der Waals surface area contributed by atoms with Crippen molar-refractivity contribution in [2.24, 2.45) is 0 Å². The number of aryl methyl sites for hydroxylation is 1. The number of ether oxygens (including phenoxy) is 1. The number of carbonyl (C=O) groups is 3. The van der Waals surface area contributed by atoms with Gasteiger partial charge in [0, 0.05) is 18.4 Å². The first kappa shape index (κ1) is 20.8. The summed E-state index contributed by atoms with van der Waals surface area (Å²) >= 11 is 0. The first-order valence-corrected chi connectivity index (χ1v) is 9.38. The minimum Gasteiger partial charge on any atom is -0.449 e. The van der Waals surface area contributed by atoms with Gasteiger partial charge < -0.3 is 10.1 Å². The molecule has 1 heterocycles. The molecule has 154 valence electrons. The van der Waals surface area contributed by atoms with Crippen LogP contribution in [0.2, 0.25) is 0 Å². The molecule has 0 bridgehead atoms. The molecule has 8 heteroatoms. The Morgan fingerprint density at radius 2 is 1.73 bits per heavy atom. The van der Waals surface area contributed by atoms with Crippen LogP contribution in [0.25, 0.3) is 5.69 Å². The Morgan fingerprint density at radius 1 is 1.03 bits per heavy atom. The van der Waals surface area contributed by atoms with Crippen molar-refractivity contribution in [3.8, 4) is 5.69 Å². The van der Waals surface area contributed by atoms with Crippen LogP contribution < -0.4 is 10.6 Å². The van der Waals surface area contributed by atoms with Gasteiger partial charge in [-0.2, -0.15) is 5.10 Å². The van der Waals surface area contributed by atoms with E-state index < -0.39 is 24.0 Å². The molecule has 3 aromatic rings. The van der Waals surface area contributed by atoms with Crippen LogP contribution in [0.4, 0.5) is 4.79 Å². The number of rotatable bonds is 6. The number of urea groups is 1. The van der Waals surface area contributed by atoms with Crippen molar-refractivity contribution in [3.63, 3.8) is 0 Å². The predicted octanol–water partition coefficient (Wildman–Crippen LogP) is 2.75. The first-order chi connectivity index (χ1) is 14.4. The van der Waals surface area contributed by atoms with Crippen molar-refractivity contribution >= 4 is 17.9 Å². The molecule has 2 aromatic carbocycles. The third kappa shape index (κ3) is 5.32. The summed E-state index contributed by atoms with van der Waals surface area (Å²) in [5, 5.41) is 8.94. The maximum Gasteiger partial charge on any atom is 0.338 e. The molecule has 0 spiro atoms. The van der Waals surface area contributed by atoms with Gasteiger partial charge in [0.1, 0.15) is 0 Å². The van der Waals surface area contributed by atoms with Crippen LogP contribution >= 0.6 is 0 Å². The van der Waals surface area contributed by atoms with Crippen LogP contribution in [0.5, 0.6) is 0 Å². The van der Waals surface area contributed by atoms with E-state index in [1.54, 1.807) is 35.1 Å². The zero-order valence-corrected chi connectivity index (χ0v) is 16.7. The summed E-state index contributed by atoms with van der Waals surface area (Å²) in [6.07, 6.45) is 0.557. The van der Waals surface area contributed by atoms with Crippen LogP contribution in [0.15, 0.2) is 66.9 Å². The molecule has 0 saturated carbocycles. The molecule has 3 rings (SSSR count). The zero-order chi connectivity index (χ0) is 21.5. The smallest absolute Gasteiger partial charge is 0.338 e. The van der Waals surface area contributed by atoms with Crippen molar-refractivity contribution in [2.45, 2.75) is 26.5 Å². The molecular formula is C22H22N4O4. The van der Waals surface area contributed by atoms with E-state index in [0.717, 1.165) is 16.9 Å². The van der Waals surface area contributed by atoms with Crippen LogP contribution in [0.3, 0.4) is 0 Å². The highest BCUT2D eigenvalue weighted by atomic mass is 16.5. The molecule has 30 heavy (non-hydrogen) atoms. The van der Waals surface area contributed by atoms with Gasteiger partial charge in [0.15, 0.2) is 6.10 Å². The fourth-order valence-corrected chi connectivity index (χ4v) is 2.70. The van der Waals surface area contributed by atoms with Gasteiger partial charge in [0.25, 0.3) is 5.91 Å². The van der Waals surface area contributed by atoms with Gasteiger partial charge in [0.2, 0.25) is 0 Å². The largest absolute Gasteiger partial charge is 0.449 e. The number of nitrogens with one attached hydrogen (secondary N) is 2. The van der Waals surface area contributed by atoms with Gasteiger partial charge in [-0.25, -0.2) is 14.3 Å². The molecule has 0 aliphatic carbocycles. The molecule has 1 aromatic heterocycles. The lowest BCUT2D eigenvalue weighted by Crippen LogP contribution is -2.44. The Morgan fingerprint density at radius 3 is 2.37 bits per heavy atom. The highest BCUT2D eigenvalue weighted by Crippen LogP contribution is 2.12. The number of amides is 3. The highest BCUT2D eigenvalue weighted by molar-refractivity contribution is 5.98. The van der Waals surface area contributed by atoms with Crippen molar-refractivity contribution in [3.05, 3.63) is 83.7 Å². The van der Waals surface area contributed by atoms with Gasteiger partial charge in [-0.1, -0.05) is 30.3 Å². The van der Waals surface area contributed by atoms with Crippen molar-refractivity contribution in [1.82, 2.24) is 20.4 Å². The Hall–Kier alpha value is -3.94. The normalized spacial score (nSPS) is 11.4. The number of esters is 1. The van der Waals surface area contributed by atoms with Crippen LogP contribution in [0.1, 0.15) is 28.5 Å². The molecule has 1 atom stereocenters. The SMILES string of the molecule is Cc1ccnn1-c1ccc(C(=O)O[C@H](C)C(=O)NC(=O)NCc2ccccc2)cc1. The number of hydrogen-bond donors (Lipinski definition) is 2.